The quantitative estimate of drug-likeness (QED) is 0.206. The van der Waals surface area contributed by atoms with Gasteiger partial charge in [-0.1, -0.05) is 85.7 Å². The molecule has 1 aliphatic carbocycles. The first-order valence-electron chi connectivity index (χ1n) is 18.3. The van der Waals surface area contributed by atoms with Crippen LogP contribution in [0.2, 0.25) is 0 Å². The normalized spacial score (nSPS) is 22.8. The van der Waals surface area contributed by atoms with Crippen LogP contribution in [0.3, 0.4) is 0 Å². The van der Waals surface area contributed by atoms with Gasteiger partial charge in [0.1, 0.15) is 21.8 Å². The lowest BCUT2D eigenvalue weighted by Gasteiger charge is -2.38. The summed E-state index contributed by atoms with van der Waals surface area (Å²) >= 11 is 1.10. The standard InChI is InChI=1S/C38H56N6O8S3/c1-11-26-21-38(26,34(47)42-54(49,50)27-16-13-12-14-17-27)41-32(45)28-20-25(24(2)3)22-44(28)33(46)31(37(7,8)9)40-35(48)39-29(36(4,5)6)23-43(10)55(51,52)30-18-15-19-53-30/h11-19,24-26,28-29,31H,1,20-23H2,2-10H3,(H,41,45)(H,42,47)(H2,39,40,48)/t25?,26?,28?,29?,31?,38-/m1/s1. The number of carbonyl (C=O) groups is 4. The molecule has 0 spiro atoms. The van der Waals surface area contributed by atoms with Gasteiger partial charge >= 0.3 is 6.03 Å². The van der Waals surface area contributed by atoms with Crippen LogP contribution >= 0.6 is 11.3 Å². The third-order valence-electron chi connectivity index (χ3n) is 10.5. The molecule has 6 atom stereocenters. The monoisotopic (exact) mass is 820 g/mol. The van der Waals surface area contributed by atoms with E-state index in [1.165, 1.54) is 52.7 Å². The molecule has 17 heteroatoms. The van der Waals surface area contributed by atoms with Gasteiger partial charge in [0.15, 0.2) is 0 Å². The maximum absolute atomic E-state index is 14.6. The Kier molecular flexibility index (Phi) is 13.1. The fourth-order valence-electron chi connectivity index (χ4n) is 6.65. The molecule has 4 rings (SSSR count). The van der Waals surface area contributed by atoms with Gasteiger partial charge in [-0.15, -0.1) is 17.9 Å². The number of benzene rings is 1. The summed E-state index contributed by atoms with van der Waals surface area (Å²) in [6, 6.07) is 7.10. The maximum atomic E-state index is 14.6. The van der Waals surface area contributed by atoms with Crippen molar-refractivity contribution < 1.29 is 36.0 Å². The van der Waals surface area contributed by atoms with Crippen molar-refractivity contribution in [2.24, 2.45) is 28.6 Å². The highest BCUT2D eigenvalue weighted by atomic mass is 32.2. The molecular weight excluding hydrogens is 765 g/mol. The Bertz CT molecular complexity index is 1960. The molecule has 2 aliphatic rings. The lowest BCUT2D eigenvalue weighted by atomic mass is 9.85. The minimum Gasteiger partial charge on any atom is -0.339 e. The minimum absolute atomic E-state index is 0.0383. The van der Waals surface area contributed by atoms with Crippen LogP contribution < -0.4 is 20.7 Å². The van der Waals surface area contributed by atoms with Gasteiger partial charge in [0.2, 0.25) is 11.8 Å². The van der Waals surface area contributed by atoms with E-state index in [0.717, 1.165) is 11.3 Å². The Labute approximate surface area is 330 Å². The van der Waals surface area contributed by atoms with Crippen LogP contribution in [0.5, 0.6) is 0 Å². The predicted molar refractivity (Wildman–Crippen MR) is 212 cm³/mol. The lowest BCUT2D eigenvalue weighted by molar-refractivity contribution is -0.142. The van der Waals surface area contributed by atoms with Gasteiger partial charge in [0, 0.05) is 32.1 Å². The van der Waals surface area contributed by atoms with Crippen molar-refractivity contribution in [3.63, 3.8) is 0 Å². The molecule has 1 saturated carbocycles. The van der Waals surface area contributed by atoms with Crippen LogP contribution in [0.25, 0.3) is 0 Å². The van der Waals surface area contributed by atoms with Gasteiger partial charge in [0.25, 0.3) is 26.0 Å². The first-order chi connectivity index (χ1) is 25.3. The molecule has 2 fully saturated rings. The zero-order valence-corrected chi connectivity index (χ0v) is 35.5. The van der Waals surface area contributed by atoms with Gasteiger partial charge in [-0.2, -0.15) is 4.31 Å². The summed E-state index contributed by atoms with van der Waals surface area (Å²) in [5.74, 6) is -2.57. The average Bonchev–Trinajstić information content (AvgIpc) is 3.42. The number of likely N-dealkylation sites (tertiary alicyclic amines) is 1. The third-order valence-corrected chi connectivity index (χ3v) is 15.1. The summed E-state index contributed by atoms with van der Waals surface area (Å²) < 4.78 is 56.0. The molecule has 1 aromatic heterocycles. The molecule has 5 unspecified atom stereocenters. The smallest absolute Gasteiger partial charge is 0.315 e. The molecule has 5 amide bonds. The molecule has 2 aromatic rings. The fraction of sp³-hybridized carbons (Fsp3) is 0.579. The Hall–Kier alpha value is -3.80. The zero-order chi connectivity index (χ0) is 41.3. The van der Waals surface area contributed by atoms with E-state index >= 15 is 0 Å². The van der Waals surface area contributed by atoms with E-state index in [1.54, 1.807) is 38.3 Å². The molecular formula is C38H56N6O8S3. The number of rotatable bonds is 14. The maximum Gasteiger partial charge on any atom is 0.315 e. The van der Waals surface area contributed by atoms with E-state index in [4.69, 9.17) is 0 Å². The molecule has 55 heavy (non-hydrogen) atoms. The topological polar surface area (TPSA) is 191 Å². The molecule has 0 bridgehead atoms. The molecule has 1 aromatic carbocycles. The van der Waals surface area contributed by atoms with Gasteiger partial charge in [0.05, 0.1) is 4.90 Å². The highest BCUT2D eigenvalue weighted by Gasteiger charge is 2.61. The molecule has 304 valence electrons. The largest absolute Gasteiger partial charge is 0.339 e. The van der Waals surface area contributed by atoms with Crippen molar-refractivity contribution in [1.82, 2.24) is 29.9 Å². The van der Waals surface area contributed by atoms with Crippen molar-refractivity contribution in [2.75, 3.05) is 20.1 Å². The van der Waals surface area contributed by atoms with Gasteiger partial charge in [-0.3, -0.25) is 14.4 Å². The number of nitrogens with zero attached hydrogens (tertiary/aromatic N) is 2. The number of hydrogen-bond donors (Lipinski definition) is 4. The number of likely N-dealkylation sites (N-methyl/N-ethyl adjacent to an activating group) is 1. The second kappa shape index (κ2) is 16.4. The summed E-state index contributed by atoms with van der Waals surface area (Å²) in [6.45, 7) is 18.9. The SMILES string of the molecule is C=CC1C[C@]1(NC(=O)C1CC(C(C)C)CN1C(=O)C(NC(=O)NC(CN(C)S(=O)(=O)c1cccs1)C(C)(C)C)C(C)(C)C)C(=O)NS(=O)(=O)c1ccccc1. The summed E-state index contributed by atoms with van der Waals surface area (Å²) in [4.78, 5) is 57.4. The minimum atomic E-state index is -4.24. The van der Waals surface area contributed by atoms with Gasteiger partial charge < -0.3 is 20.9 Å². The van der Waals surface area contributed by atoms with Crippen LogP contribution in [0, 0.1) is 28.6 Å². The van der Waals surface area contributed by atoms with Gasteiger partial charge in [-0.05, 0) is 59.1 Å². The Morgan fingerprint density at radius 1 is 0.982 bits per heavy atom. The van der Waals surface area contributed by atoms with E-state index in [9.17, 15) is 36.0 Å². The van der Waals surface area contributed by atoms with E-state index in [0.29, 0.717) is 0 Å². The van der Waals surface area contributed by atoms with Crippen LogP contribution in [0.15, 0.2) is 69.6 Å². The summed E-state index contributed by atoms with van der Waals surface area (Å²) in [6.07, 6.45) is 1.90. The number of thiophene rings is 1. The molecule has 0 radical (unpaired) electrons. The van der Waals surface area contributed by atoms with E-state index in [1.807, 2.05) is 34.6 Å². The van der Waals surface area contributed by atoms with Crippen molar-refractivity contribution in [2.45, 2.75) is 101 Å². The summed E-state index contributed by atoms with van der Waals surface area (Å²) in [5.41, 5.74) is -3.01. The Morgan fingerprint density at radius 2 is 1.62 bits per heavy atom. The van der Waals surface area contributed by atoms with Crippen LogP contribution in [0.4, 0.5) is 4.79 Å². The van der Waals surface area contributed by atoms with Crippen LogP contribution in [-0.2, 0) is 34.4 Å². The first kappa shape index (κ1) is 43.9. The van der Waals surface area contributed by atoms with Crippen molar-refractivity contribution >= 4 is 55.1 Å². The highest BCUT2D eigenvalue weighted by Crippen LogP contribution is 2.45. The fourth-order valence-corrected chi connectivity index (χ4v) is 10.1. The zero-order valence-electron chi connectivity index (χ0n) is 33.1. The average molecular weight is 821 g/mol. The van der Waals surface area contributed by atoms with E-state index in [2.05, 4.69) is 27.3 Å². The van der Waals surface area contributed by atoms with Crippen molar-refractivity contribution in [1.29, 1.82) is 0 Å². The van der Waals surface area contributed by atoms with Gasteiger partial charge in [-0.25, -0.2) is 26.4 Å². The number of urea groups is 1. The number of amides is 5. The summed E-state index contributed by atoms with van der Waals surface area (Å²) in [7, 11) is -6.60. The Morgan fingerprint density at radius 3 is 2.13 bits per heavy atom. The highest BCUT2D eigenvalue weighted by molar-refractivity contribution is 7.91. The lowest BCUT2D eigenvalue weighted by Crippen LogP contribution is -2.62. The van der Waals surface area contributed by atoms with Crippen LogP contribution in [-0.4, -0.2) is 93.6 Å². The predicted octanol–water partition coefficient (Wildman–Crippen LogP) is 3.94. The van der Waals surface area contributed by atoms with Crippen molar-refractivity contribution in [3.05, 3.63) is 60.5 Å². The number of nitrogens with one attached hydrogen (secondary N) is 4. The second-order valence-electron chi connectivity index (χ2n) is 17.1. The molecule has 1 saturated heterocycles. The van der Waals surface area contributed by atoms with Crippen molar-refractivity contribution in [3.8, 4) is 0 Å². The molecule has 1 aliphatic heterocycles. The van der Waals surface area contributed by atoms with E-state index in [-0.39, 0.29) is 46.9 Å². The second-order valence-corrected chi connectivity index (χ2v) is 22.0. The molecule has 2 heterocycles. The number of hydrogen-bond acceptors (Lipinski definition) is 9. The third kappa shape index (κ3) is 9.96. The number of carbonyl (C=O) groups excluding carboxylic acids is 4. The van der Waals surface area contributed by atoms with Crippen LogP contribution in [0.1, 0.15) is 68.2 Å². The molecule has 4 N–H and O–H groups in total. The first-order valence-corrected chi connectivity index (χ1v) is 22.1. The Balaban J connectivity index is 1.55. The number of sulfonamides is 2. The summed E-state index contributed by atoms with van der Waals surface area (Å²) in [5, 5.41) is 10.2. The molecule has 14 nitrogen and oxygen atoms in total. The van der Waals surface area contributed by atoms with E-state index < -0.39 is 84.2 Å².